The maximum Gasteiger partial charge on any atom is 0.329 e. The van der Waals surface area contributed by atoms with Gasteiger partial charge < -0.3 is 10.1 Å². The third-order valence-corrected chi connectivity index (χ3v) is 5.51. The molecule has 2 aliphatic heterocycles. The molecule has 0 fully saturated rings. The molecule has 0 spiro atoms. The Morgan fingerprint density at radius 1 is 0.970 bits per heavy atom. The fourth-order valence-corrected chi connectivity index (χ4v) is 4.01. The van der Waals surface area contributed by atoms with Crippen molar-refractivity contribution in [2.45, 2.75) is 26.3 Å². The van der Waals surface area contributed by atoms with Gasteiger partial charge in [-0.2, -0.15) is 0 Å². The molecule has 0 unspecified atom stereocenters. The van der Waals surface area contributed by atoms with Crippen molar-refractivity contribution in [1.29, 1.82) is 0 Å². The first-order chi connectivity index (χ1) is 15.8. The van der Waals surface area contributed by atoms with E-state index in [9.17, 15) is 24.0 Å². The second kappa shape index (κ2) is 8.85. The summed E-state index contributed by atoms with van der Waals surface area (Å²) in [6, 6.07) is 12.0. The Balaban J connectivity index is 1.50. The predicted octanol–water partition coefficient (Wildman–Crippen LogP) is 2.23. The average molecular weight is 449 g/mol. The van der Waals surface area contributed by atoms with E-state index in [2.05, 4.69) is 5.32 Å². The van der Waals surface area contributed by atoms with Gasteiger partial charge in [-0.25, -0.2) is 4.79 Å². The van der Waals surface area contributed by atoms with Crippen LogP contribution in [0.15, 0.2) is 48.5 Å². The van der Waals surface area contributed by atoms with Crippen LogP contribution in [0.1, 0.15) is 41.0 Å². The molecule has 170 valence electrons. The van der Waals surface area contributed by atoms with Crippen molar-refractivity contribution < 1.29 is 28.7 Å². The molecule has 9 nitrogen and oxygen atoms in total. The van der Waals surface area contributed by atoms with Gasteiger partial charge in [-0.15, -0.1) is 0 Å². The number of imide groups is 1. The number of nitrogens with zero attached hydrogens (tertiary/aromatic N) is 2. The molecule has 0 radical (unpaired) electrons. The highest BCUT2D eigenvalue weighted by Gasteiger charge is 2.43. The fraction of sp³-hybridized carbons (Fsp3) is 0.292. The Hall–Kier alpha value is -4.01. The highest BCUT2D eigenvalue weighted by molar-refractivity contribution is 6.22. The number of carbonyl (C=O) groups excluding carboxylic acids is 5. The van der Waals surface area contributed by atoms with E-state index in [4.69, 9.17) is 4.74 Å². The number of anilines is 2. The third kappa shape index (κ3) is 4.21. The van der Waals surface area contributed by atoms with Gasteiger partial charge in [0.05, 0.1) is 22.5 Å². The van der Waals surface area contributed by atoms with E-state index in [1.807, 2.05) is 13.8 Å². The summed E-state index contributed by atoms with van der Waals surface area (Å²) in [4.78, 5) is 65.7. The van der Waals surface area contributed by atoms with Crippen LogP contribution in [0.4, 0.5) is 11.4 Å². The molecule has 33 heavy (non-hydrogen) atoms. The van der Waals surface area contributed by atoms with Crippen LogP contribution in [0.3, 0.4) is 0 Å². The van der Waals surface area contributed by atoms with Gasteiger partial charge in [0.15, 0.2) is 6.61 Å². The van der Waals surface area contributed by atoms with Crippen LogP contribution in [0.2, 0.25) is 0 Å². The molecule has 1 atom stereocenters. The molecule has 0 saturated carbocycles. The molecular formula is C24H23N3O6. The number of esters is 1. The summed E-state index contributed by atoms with van der Waals surface area (Å²) in [5, 5.41) is 2.68. The van der Waals surface area contributed by atoms with Crippen molar-refractivity contribution in [2.75, 3.05) is 23.4 Å². The van der Waals surface area contributed by atoms with E-state index in [1.54, 1.807) is 36.4 Å². The Morgan fingerprint density at radius 3 is 2.21 bits per heavy atom. The summed E-state index contributed by atoms with van der Waals surface area (Å²) in [6.07, 6.45) is 0.188. The van der Waals surface area contributed by atoms with Crippen LogP contribution in [-0.2, 0) is 19.1 Å². The van der Waals surface area contributed by atoms with Crippen LogP contribution in [0, 0.1) is 5.92 Å². The first-order valence-electron chi connectivity index (χ1n) is 10.6. The van der Waals surface area contributed by atoms with Crippen molar-refractivity contribution in [3.8, 4) is 0 Å². The van der Waals surface area contributed by atoms with Gasteiger partial charge in [-0.05, 0) is 36.6 Å². The van der Waals surface area contributed by atoms with Gasteiger partial charge in [0.25, 0.3) is 17.7 Å². The smallest absolute Gasteiger partial charge is 0.329 e. The molecule has 2 heterocycles. The lowest BCUT2D eigenvalue weighted by Crippen LogP contribution is -2.48. The minimum atomic E-state index is -1.16. The van der Waals surface area contributed by atoms with Crippen LogP contribution in [-0.4, -0.2) is 53.7 Å². The summed E-state index contributed by atoms with van der Waals surface area (Å²) < 4.78 is 5.27. The van der Waals surface area contributed by atoms with Gasteiger partial charge in [0.2, 0.25) is 5.91 Å². The molecule has 0 aliphatic carbocycles. The molecule has 2 aromatic rings. The molecule has 0 aromatic heterocycles. The molecule has 4 amide bonds. The number of nitrogens with one attached hydrogen (secondary N) is 1. The molecule has 1 N–H and O–H groups in total. The fourth-order valence-electron chi connectivity index (χ4n) is 4.01. The maximum absolute atomic E-state index is 13.0. The molecular weight excluding hydrogens is 426 g/mol. The largest absolute Gasteiger partial charge is 0.454 e. The molecule has 0 saturated heterocycles. The SMILES string of the molecule is CC(C)C[C@H](C(=O)OCC(=O)N1CC(=O)Nc2ccccc21)N1C(=O)c2ccccc2C1=O. The molecule has 4 rings (SSSR count). The van der Waals surface area contributed by atoms with Crippen molar-refractivity contribution in [1.82, 2.24) is 4.90 Å². The van der Waals surface area contributed by atoms with E-state index in [0.717, 1.165) is 4.90 Å². The Labute approximate surface area is 190 Å². The number of hydrogen-bond donors (Lipinski definition) is 1. The van der Waals surface area contributed by atoms with Gasteiger partial charge >= 0.3 is 5.97 Å². The van der Waals surface area contributed by atoms with E-state index < -0.39 is 36.3 Å². The summed E-state index contributed by atoms with van der Waals surface area (Å²) >= 11 is 0. The van der Waals surface area contributed by atoms with Crippen LogP contribution >= 0.6 is 0 Å². The lowest BCUT2D eigenvalue weighted by molar-refractivity contribution is -0.152. The Bertz CT molecular complexity index is 1120. The van der Waals surface area contributed by atoms with E-state index in [-0.39, 0.29) is 35.9 Å². The zero-order valence-electron chi connectivity index (χ0n) is 18.2. The van der Waals surface area contributed by atoms with Crippen molar-refractivity contribution in [3.63, 3.8) is 0 Å². The summed E-state index contributed by atoms with van der Waals surface area (Å²) in [5.74, 6) is -2.95. The number of para-hydroxylation sites is 2. The lowest BCUT2D eigenvalue weighted by atomic mass is 10.0. The van der Waals surface area contributed by atoms with E-state index in [0.29, 0.717) is 11.4 Å². The maximum atomic E-state index is 13.0. The summed E-state index contributed by atoms with van der Waals surface area (Å²) in [7, 11) is 0. The molecule has 2 aliphatic rings. The quantitative estimate of drug-likeness (QED) is 0.535. The third-order valence-electron chi connectivity index (χ3n) is 5.51. The van der Waals surface area contributed by atoms with Crippen LogP contribution < -0.4 is 10.2 Å². The normalized spacial score (nSPS) is 15.8. The highest BCUT2D eigenvalue weighted by Crippen LogP contribution is 2.30. The molecule has 0 bridgehead atoms. The van der Waals surface area contributed by atoms with Crippen molar-refractivity contribution in [3.05, 3.63) is 59.7 Å². The highest BCUT2D eigenvalue weighted by atomic mass is 16.5. The second-order valence-corrected chi connectivity index (χ2v) is 8.32. The lowest BCUT2D eigenvalue weighted by Gasteiger charge is -2.29. The number of benzene rings is 2. The van der Waals surface area contributed by atoms with E-state index >= 15 is 0 Å². The first-order valence-corrected chi connectivity index (χ1v) is 10.6. The predicted molar refractivity (Wildman–Crippen MR) is 119 cm³/mol. The zero-order valence-corrected chi connectivity index (χ0v) is 18.2. The average Bonchev–Trinajstić information content (AvgIpc) is 3.05. The van der Waals surface area contributed by atoms with Gasteiger partial charge in [0.1, 0.15) is 12.6 Å². The standard InChI is InChI=1S/C24H23N3O6/c1-14(2)11-19(27-22(30)15-7-3-4-8-16(15)23(27)31)24(32)33-13-21(29)26-12-20(28)25-17-9-5-6-10-18(17)26/h3-10,14,19H,11-13H2,1-2H3,(H,25,28)/t19-/m1/s1. The minimum absolute atomic E-state index is 0.0276. The first kappa shape index (κ1) is 22.2. The van der Waals surface area contributed by atoms with Crippen molar-refractivity contribution in [2.24, 2.45) is 5.92 Å². The molecule has 9 heteroatoms. The van der Waals surface area contributed by atoms with Gasteiger partial charge in [0, 0.05) is 0 Å². The number of hydrogen-bond acceptors (Lipinski definition) is 6. The van der Waals surface area contributed by atoms with Crippen molar-refractivity contribution >= 4 is 41.0 Å². The topological polar surface area (TPSA) is 113 Å². The number of carbonyl (C=O) groups is 5. The number of rotatable bonds is 6. The number of amides is 4. The minimum Gasteiger partial charge on any atom is -0.454 e. The molecule has 2 aromatic carbocycles. The van der Waals surface area contributed by atoms with Crippen LogP contribution in [0.25, 0.3) is 0 Å². The Morgan fingerprint density at radius 2 is 1.58 bits per heavy atom. The number of ether oxygens (including phenoxy) is 1. The summed E-state index contributed by atoms with van der Waals surface area (Å²) in [6.45, 7) is 2.87. The van der Waals surface area contributed by atoms with Gasteiger partial charge in [-0.3, -0.25) is 29.0 Å². The monoisotopic (exact) mass is 449 g/mol. The second-order valence-electron chi connectivity index (χ2n) is 8.32. The summed E-state index contributed by atoms with van der Waals surface area (Å²) in [5.41, 5.74) is 1.45. The van der Waals surface area contributed by atoms with Gasteiger partial charge in [-0.1, -0.05) is 38.1 Å². The number of fused-ring (bicyclic) bond motifs is 2. The Kier molecular flexibility index (Phi) is 5.95. The van der Waals surface area contributed by atoms with E-state index in [1.165, 1.54) is 17.0 Å². The van der Waals surface area contributed by atoms with Crippen LogP contribution in [0.5, 0.6) is 0 Å². The zero-order chi connectivity index (χ0) is 23.7.